The molecule has 11 nitrogen and oxygen atoms in total. The Bertz CT molecular complexity index is 1770. The second kappa shape index (κ2) is 9.71. The van der Waals surface area contributed by atoms with Gasteiger partial charge >= 0.3 is 0 Å². The number of fused-ring (bicyclic) bond motifs is 1. The highest BCUT2D eigenvalue weighted by Gasteiger charge is 2.33. The molecule has 208 valence electrons. The summed E-state index contributed by atoms with van der Waals surface area (Å²) in [6.45, 7) is 6.00. The van der Waals surface area contributed by atoms with Crippen molar-refractivity contribution in [3.8, 4) is 0 Å². The van der Waals surface area contributed by atoms with Crippen LogP contribution in [0, 0.1) is 11.6 Å². The summed E-state index contributed by atoms with van der Waals surface area (Å²) < 4.78 is 81.7. The van der Waals surface area contributed by atoms with Crippen LogP contribution in [0.4, 0.5) is 20.5 Å². The molecule has 4 heterocycles. The smallest absolute Gasteiger partial charge is 0.285 e. The van der Waals surface area contributed by atoms with Gasteiger partial charge < -0.3 is 9.80 Å². The Morgan fingerprint density at radius 1 is 1.05 bits per heavy atom. The summed E-state index contributed by atoms with van der Waals surface area (Å²) in [4.78, 5) is 11.4. The van der Waals surface area contributed by atoms with Crippen molar-refractivity contribution < 1.29 is 25.6 Å². The second-order valence-corrected chi connectivity index (χ2v) is 14.0. The number of benzene rings is 1. The average Bonchev–Trinajstić information content (AvgIpc) is 3.51. The third-order valence-corrected chi connectivity index (χ3v) is 10.4. The van der Waals surface area contributed by atoms with Crippen molar-refractivity contribution in [2.75, 3.05) is 29.4 Å². The summed E-state index contributed by atoms with van der Waals surface area (Å²) in [5.74, 6) is -0.744. The molecule has 0 saturated carbocycles. The lowest BCUT2D eigenvalue weighted by Crippen LogP contribution is -2.53. The standard InChI is InChI=1S/C23H24ClF2N7O4S2/c1-14(2)38(34,35)31-5-4-18(13-31)39(36,37)33-20-9-16(25)8-19(24)21(20)22(29-33)32-7-6-30(12-15(32)3)23-27-10-17(26)11-28-23/h4-5,8-11,13-15H,6-7,12H2,1-3H3/t15-/m1/s1. The van der Waals surface area contributed by atoms with Gasteiger partial charge in [0.1, 0.15) is 10.7 Å². The molecule has 1 fully saturated rings. The van der Waals surface area contributed by atoms with Gasteiger partial charge in [-0.25, -0.2) is 27.2 Å². The largest absolute Gasteiger partial charge is 0.348 e. The first-order valence-corrected chi connectivity index (χ1v) is 15.2. The third kappa shape index (κ3) is 4.72. The maximum absolute atomic E-state index is 14.4. The molecule has 39 heavy (non-hydrogen) atoms. The molecule has 0 radical (unpaired) electrons. The van der Waals surface area contributed by atoms with Crippen molar-refractivity contribution in [1.82, 2.24) is 23.1 Å². The van der Waals surface area contributed by atoms with E-state index in [9.17, 15) is 25.6 Å². The third-order valence-electron chi connectivity index (χ3n) is 6.49. The minimum Gasteiger partial charge on any atom is -0.348 e. The lowest BCUT2D eigenvalue weighted by Gasteiger charge is -2.40. The first-order valence-electron chi connectivity index (χ1n) is 11.9. The number of anilines is 2. The van der Waals surface area contributed by atoms with E-state index in [1.165, 1.54) is 13.8 Å². The Morgan fingerprint density at radius 2 is 1.74 bits per heavy atom. The van der Waals surface area contributed by atoms with Crippen molar-refractivity contribution in [1.29, 1.82) is 0 Å². The van der Waals surface area contributed by atoms with Gasteiger partial charge in [0.25, 0.3) is 10.0 Å². The van der Waals surface area contributed by atoms with Gasteiger partial charge in [-0.3, -0.25) is 3.97 Å². The SMILES string of the molecule is CC(C)S(=O)(=O)n1ccc(S(=O)(=O)n2nc(N3CCN(c4ncc(F)cn4)C[C@H]3C)c3c(Cl)cc(F)cc32)c1. The van der Waals surface area contributed by atoms with E-state index >= 15 is 0 Å². The average molecular weight is 600 g/mol. The molecule has 0 spiro atoms. The predicted molar refractivity (Wildman–Crippen MR) is 142 cm³/mol. The van der Waals surface area contributed by atoms with Crippen LogP contribution in [-0.2, 0) is 20.0 Å². The quantitative estimate of drug-likeness (QED) is 0.329. The summed E-state index contributed by atoms with van der Waals surface area (Å²) in [6, 6.07) is 2.99. The van der Waals surface area contributed by atoms with E-state index in [0.717, 1.165) is 47.0 Å². The maximum Gasteiger partial charge on any atom is 0.285 e. The van der Waals surface area contributed by atoms with E-state index in [1.807, 2.05) is 16.7 Å². The predicted octanol–water partition coefficient (Wildman–Crippen LogP) is 3.10. The van der Waals surface area contributed by atoms with E-state index in [2.05, 4.69) is 15.1 Å². The Kier molecular flexibility index (Phi) is 6.79. The normalized spacial score (nSPS) is 16.9. The molecular formula is C23H24ClF2N7O4S2. The first-order chi connectivity index (χ1) is 18.3. The Morgan fingerprint density at radius 3 is 2.38 bits per heavy atom. The summed E-state index contributed by atoms with van der Waals surface area (Å²) in [6.07, 6.45) is 4.28. The first kappa shape index (κ1) is 27.3. The van der Waals surface area contributed by atoms with Gasteiger partial charge in [0, 0.05) is 44.1 Å². The van der Waals surface area contributed by atoms with Crippen LogP contribution >= 0.6 is 11.6 Å². The molecular weight excluding hydrogens is 576 g/mol. The van der Waals surface area contributed by atoms with E-state index < -0.39 is 36.9 Å². The number of halogens is 3. The molecule has 0 amide bonds. The fourth-order valence-electron chi connectivity index (χ4n) is 4.44. The molecule has 0 aliphatic carbocycles. The Labute approximate surface area is 228 Å². The van der Waals surface area contributed by atoms with E-state index in [1.54, 1.807) is 0 Å². The topological polar surface area (TPSA) is 123 Å². The molecule has 1 aliphatic rings. The second-order valence-electron chi connectivity index (χ2n) is 9.41. The van der Waals surface area contributed by atoms with Crippen LogP contribution < -0.4 is 9.80 Å². The minimum absolute atomic E-state index is 0.0297. The summed E-state index contributed by atoms with van der Waals surface area (Å²) in [7, 11) is -8.26. The summed E-state index contributed by atoms with van der Waals surface area (Å²) >= 11 is 6.42. The van der Waals surface area contributed by atoms with Gasteiger partial charge in [0.05, 0.1) is 33.6 Å². The highest BCUT2D eigenvalue weighted by atomic mass is 35.5. The van der Waals surface area contributed by atoms with Gasteiger partial charge in [-0.15, -0.1) is 5.10 Å². The molecule has 5 rings (SSSR count). The molecule has 0 unspecified atom stereocenters. The van der Waals surface area contributed by atoms with Crippen LogP contribution in [0.25, 0.3) is 10.9 Å². The molecule has 16 heteroatoms. The van der Waals surface area contributed by atoms with Gasteiger partial charge in [-0.05, 0) is 32.9 Å². The highest BCUT2D eigenvalue weighted by molar-refractivity contribution is 7.91. The molecule has 4 aromatic rings. The lowest BCUT2D eigenvalue weighted by atomic mass is 10.1. The number of rotatable bonds is 6. The number of aromatic nitrogens is 5. The monoisotopic (exact) mass is 599 g/mol. The van der Waals surface area contributed by atoms with Crippen molar-refractivity contribution in [2.45, 2.75) is 37.0 Å². The molecule has 3 aromatic heterocycles. The molecule has 1 aliphatic heterocycles. The molecule has 0 N–H and O–H groups in total. The van der Waals surface area contributed by atoms with Crippen LogP contribution in [0.3, 0.4) is 0 Å². The van der Waals surface area contributed by atoms with Crippen molar-refractivity contribution >= 4 is 54.3 Å². The van der Waals surface area contributed by atoms with Crippen molar-refractivity contribution in [3.05, 3.63) is 59.6 Å². The fraction of sp³-hybridized carbons (Fsp3) is 0.348. The summed E-state index contributed by atoms with van der Waals surface area (Å²) in [5.41, 5.74) is -0.0917. The van der Waals surface area contributed by atoms with Crippen LogP contribution in [0.15, 0.2) is 47.9 Å². The van der Waals surface area contributed by atoms with Crippen molar-refractivity contribution in [2.24, 2.45) is 0 Å². The number of hydrogen-bond donors (Lipinski definition) is 0. The van der Waals surface area contributed by atoms with Crippen LogP contribution in [-0.4, -0.2) is 70.9 Å². The van der Waals surface area contributed by atoms with Gasteiger partial charge in [0.15, 0.2) is 11.6 Å². The van der Waals surface area contributed by atoms with Crippen LogP contribution in [0.1, 0.15) is 20.8 Å². The van der Waals surface area contributed by atoms with E-state index in [-0.39, 0.29) is 32.7 Å². The lowest BCUT2D eigenvalue weighted by molar-refractivity contribution is 0.534. The zero-order chi connectivity index (χ0) is 28.3. The van der Waals surface area contributed by atoms with E-state index in [4.69, 9.17) is 11.6 Å². The fourth-order valence-corrected chi connectivity index (χ4v) is 7.04. The molecule has 1 atom stereocenters. The zero-order valence-corrected chi connectivity index (χ0v) is 23.4. The van der Waals surface area contributed by atoms with Crippen LogP contribution in [0.2, 0.25) is 5.02 Å². The molecule has 1 aromatic carbocycles. The Hall–Kier alpha value is -3.30. The highest BCUT2D eigenvalue weighted by Crippen LogP contribution is 2.37. The molecule has 1 saturated heterocycles. The summed E-state index contributed by atoms with van der Waals surface area (Å²) in [5, 5.41) is 3.79. The van der Waals surface area contributed by atoms with Crippen LogP contribution in [0.5, 0.6) is 0 Å². The number of piperazine rings is 1. The number of hydrogen-bond acceptors (Lipinski definition) is 9. The van der Waals surface area contributed by atoms with Gasteiger partial charge in [-0.1, -0.05) is 11.6 Å². The zero-order valence-electron chi connectivity index (χ0n) is 21.0. The van der Waals surface area contributed by atoms with Gasteiger partial charge in [-0.2, -0.15) is 12.5 Å². The maximum atomic E-state index is 14.4. The van der Waals surface area contributed by atoms with Crippen molar-refractivity contribution in [3.63, 3.8) is 0 Å². The van der Waals surface area contributed by atoms with E-state index in [0.29, 0.717) is 29.7 Å². The molecule has 0 bridgehead atoms. The minimum atomic E-state index is -4.46. The number of nitrogens with zero attached hydrogens (tertiary/aromatic N) is 7. The van der Waals surface area contributed by atoms with Gasteiger partial charge in [0.2, 0.25) is 16.0 Å². The Balaban J connectivity index is 1.57.